The van der Waals surface area contributed by atoms with Gasteiger partial charge >= 0.3 is 0 Å². The summed E-state index contributed by atoms with van der Waals surface area (Å²) < 4.78 is 0. The number of aliphatic hydroxyl groups is 4. The minimum Gasteiger partial charge on any atom is -0.394 e. The summed E-state index contributed by atoms with van der Waals surface area (Å²) in [5, 5.41) is 43.4. The lowest BCUT2D eigenvalue weighted by Gasteiger charge is -2.27. The molecule has 0 aliphatic carbocycles. The molecule has 0 heterocycles. The molecule has 296 valence electrons. The molecule has 0 spiro atoms. The minimum absolute atomic E-state index is 0.360. The predicted molar refractivity (Wildman–Crippen MR) is 214 cm³/mol. The maximum atomic E-state index is 12.5. The summed E-state index contributed by atoms with van der Waals surface area (Å²) in [6, 6.07) is -1.000. The lowest BCUT2D eigenvalue weighted by molar-refractivity contribution is -0.132. The Morgan fingerprint density at radius 2 is 0.820 bits per heavy atom. The molecule has 0 aromatic rings. The van der Waals surface area contributed by atoms with Gasteiger partial charge < -0.3 is 25.7 Å². The van der Waals surface area contributed by atoms with Gasteiger partial charge in [-0.25, -0.2) is 0 Å². The fourth-order valence-corrected chi connectivity index (χ4v) is 6.63. The molecule has 4 unspecified atom stereocenters. The highest BCUT2D eigenvalue weighted by atomic mass is 16.3. The first-order chi connectivity index (χ1) is 24.5. The van der Waals surface area contributed by atoms with Crippen LogP contribution in [0.15, 0.2) is 24.3 Å². The molecule has 5 N–H and O–H groups in total. The summed E-state index contributed by atoms with van der Waals surface area (Å²) in [7, 11) is 0. The largest absolute Gasteiger partial charge is 0.394 e. The van der Waals surface area contributed by atoms with Crippen LogP contribution in [0.4, 0.5) is 0 Å². The molecule has 6 nitrogen and oxygen atoms in total. The molecule has 0 saturated heterocycles. The second-order valence-corrected chi connectivity index (χ2v) is 15.0. The Hall–Kier alpha value is -1.21. The van der Waals surface area contributed by atoms with Crippen molar-refractivity contribution >= 4 is 5.91 Å². The van der Waals surface area contributed by atoms with Crippen molar-refractivity contribution in [3.8, 4) is 0 Å². The molecule has 0 saturated carbocycles. The monoisotopic (exact) mass is 708 g/mol. The number of allylic oxidation sites excluding steroid dienone is 4. The fourth-order valence-electron chi connectivity index (χ4n) is 6.63. The molecule has 6 heteroatoms. The first kappa shape index (κ1) is 48.8. The van der Waals surface area contributed by atoms with Crippen LogP contribution in [0.3, 0.4) is 0 Å². The molecular formula is C44H85NO5. The summed E-state index contributed by atoms with van der Waals surface area (Å²) in [6.07, 6.45) is 43.7. The molecule has 0 aliphatic heterocycles. The summed E-state index contributed by atoms with van der Waals surface area (Å²) in [5.41, 5.74) is 0. The van der Waals surface area contributed by atoms with Gasteiger partial charge in [0.25, 0.3) is 0 Å². The zero-order valence-corrected chi connectivity index (χ0v) is 33.2. The van der Waals surface area contributed by atoms with Crippen LogP contribution >= 0.6 is 0 Å². The Morgan fingerprint density at radius 3 is 1.20 bits per heavy atom. The standard InChI is InChI=1S/C44H85NO5/c1-3-5-7-9-11-13-15-16-17-18-19-20-21-22-23-24-25-26-27-28-30-32-34-36-38-42(48)44(50)45-40(39-46)43(49)41(47)37-35-33-31-29-14-12-10-8-6-4-2/h22-23,29,31,40-43,46-49H,3-21,24-28,30,32-39H2,1-2H3,(H,45,50)/b23-22-,31-29+. The lowest BCUT2D eigenvalue weighted by atomic mass is 10.00. The molecular weight excluding hydrogens is 622 g/mol. The summed E-state index contributed by atoms with van der Waals surface area (Å²) >= 11 is 0. The smallest absolute Gasteiger partial charge is 0.249 e. The molecule has 0 rings (SSSR count). The molecule has 0 aromatic carbocycles. The molecule has 1 amide bonds. The fraction of sp³-hybridized carbons (Fsp3) is 0.886. The van der Waals surface area contributed by atoms with E-state index in [9.17, 15) is 25.2 Å². The third-order valence-electron chi connectivity index (χ3n) is 10.1. The predicted octanol–water partition coefficient (Wildman–Crippen LogP) is 11.2. The van der Waals surface area contributed by atoms with Gasteiger partial charge in [0.15, 0.2) is 0 Å². The van der Waals surface area contributed by atoms with Gasteiger partial charge in [0.1, 0.15) is 12.2 Å². The average molecular weight is 708 g/mol. The highest BCUT2D eigenvalue weighted by Crippen LogP contribution is 2.15. The van der Waals surface area contributed by atoms with Gasteiger partial charge in [-0.15, -0.1) is 0 Å². The number of nitrogens with one attached hydrogen (secondary N) is 1. The first-order valence-electron chi connectivity index (χ1n) is 21.7. The second-order valence-electron chi connectivity index (χ2n) is 15.0. The number of carbonyl (C=O) groups excluding carboxylic acids is 1. The minimum atomic E-state index is -1.28. The van der Waals surface area contributed by atoms with E-state index in [1.54, 1.807) is 0 Å². The first-order valence-corrected chi connectivity index (χ1v) is 21.7. The van der Waals surface area contributed by atoms with Gasteiger partial charge in [0.2, 0.25) is 5.91 Å². The van der Waals surface area contributed by atoms with Crippen molar-refractivity contribution < 1.29 is 25.2 Å². The van der Waals surface area contributed by atoms with E-state index in [1.807, 2.05) is 0 Å². The van der Waals surface area contributed by atoms with E-state index in [0.29, 0.717) is 12.8 Å². The van der Waals surface area contributed by atoms with Crippen molar-refractivity contribution in [2.75, 3.05) is 6.61 Å². The molecule has 0 radical (unpaired) electrons. The number of carbonyl (C=O) groups is 1. The van der Waals surface area contributed by atoms with Gasteiger partial charge in [0.05, 0.1) is 18.8 Å². The number of unbranched alkanes of at least 4 members (excludes halogenated alkanes) is 26. The van der Waals surface area contributed by atoms with Crippen molar-refractivity contribution in [2.24, 2.45) is 0 Å². The topological polar surface area (TPSA) is 110 Å². The van der Waals surface area contributed by atoms with Gasteiger partial charge in [-0.3, -0.25) is 4.79 Å². The SMILES string of the molecule is CCCCCCC/C=C/CCCC(O)C(O)C(CO)NC(=O)C(O)CCCCCCCCCC/C=C\CCCCCCCCCCCCCC. The maximum absolute atomic E-state index is 12.5. The van der Waals surface area contributed by atoms with Gasteiger partial charge in [-0.05, 0) is 64.2 Å². The van der Waals surface area contributed by atoms with Crippen LogP contribution in [0.25, 0.3) is 0 Å². The number of rotatable bonds is 39. The van der Waals surface area contributed by atoms with Crippen LogP contribution in [0.5, 0.6) is 0 Å². The van der Waals surface area contributed by atoms with Crippen LogP contribution in [-0.4, -0.2) is 57.3 Å². The van der Waals surface area contributed by atoms with E-state index < -0.39 is 36.9 Å². The van der Waals surface area contributed by atoms with E-state index >= 15 is 0 Å². The Balaban J connectivity index is 3.69. The molecule has 0 aliphatic rings. The Morgan fingerprint density at radius 1 is 0.480 bits per heavy atom. The van der Waals surface area contributed by atoms with E-state index in [2.05, 4.69) is 43.5 Å². The van der Waals surface area contributed by atoms with Crippen molar-refractivity contribution in [1.82, 2.24) is 5.32 Å². The van der Waals surface area contributed by atoms with Crippen molar-refractivity contribution in [2.45, 2.75) is 244 Å². The van der Waals surface area contributed by atoms with Crippen LogP contribution in [0.2, 0.25) is 0 Å². The van der Waals surface area contributed by atoms with E-state index in [0.717, 1.165) is 38.5 Å². The van der Waals surface area contributed by atoms with E-state index in [4.69, 9.17) is 0 Å². The van der Waals surface area contributed by atoms with Crippen LogP contribution < -0.4 is 5.32 Å². The zero-order chi connectivity index (χ0) is 36.8. The highest BCUT2D eigenvalue weighted by molar-refractivity contribution is 5.80. The second kappa shape index (κ2) is 39.0. The quantitative estimate of drug-likeness (QED) is 0.0323. The van der Waals surface area contributed by atoms with Crippen molar-refractivity contribution in [1.29, 1.82) is 0 Å². The maximum Gasteiger partial charge on any atom is 0.249 e. The zero-order valence-electron chi connectivity index (χ0n) is 33.2. The molecule has 0 fully saturated rings. The Bertz CT molecular complexity index is 757. The van der Waals surface area contributed by atoms with Crippen LogP contribution in [0, 0.1) is 0 Å². The van der Waals surface area contributed by atoms with Gasteiger partial charge in [0, 0.05) is 0 Å². The molecule has 0 bridgehead atoms. The summed E-state index contributed by atoms with van der Waals surface area (Å²) in [6.45, 7) is 4.01. The third-order valence-corrected chi connectivity index (χ3v) is 10.1. The summed E-state index contributed by atoms with van der Waals surface area (Å²) in [5.74, 6) is -0.597. The number of hydrogen-bond donors (Lipinski definition) is 5. The molecule has 50 heavy (non-hydrogen) atoms. The average Bonchev–Trinajstić information content (AvgIpc) is 3.12. The highest BCUT2D eigenvalue weighted by Gasteiger charge is 2.28. The van der Waals surface area contributed by atoms with E-state index in [1.165, 1.54) is 154 Å². The normalized spacial score (nSPS) is 14.4. The third kappa shape index (κ3) is 32.7. The number of hydrogen-bond acceptors (Lipinski definition) is 5. The van der Waals surface area contributed by atoms with Crippen LogP contribution in [0.1, 0.15) is 219 Å². The molecule has 4 atom stereocenters. The molecule has 0 aromatic heterocycles. The Kier molecular flexibility index (Phi) is 38.1. The summed E-state index contributed by atoms with van der Waals surface area (Å²) in [4.78, 5) is 12.5. The van der Waals surface area contributed by atoms with Gasteiger partial charge in [-0.2, -0.15) is 0 Å². The Labute approximate surface area is 310 Å². The van der Waals surface area contributed by atoms with Crippen molar-refractivity contribution in [3.63, 3.8) is 0 Å². The number of aliphatic hydroxyl groups excluding tert-OH is 4. The van der Waals surface area contributed by atoms with Gasteiger partial charge in [-0.1, -0.05) is 179 Å². The number of amides is 1. The lowest BCUT2D eigenvalue weighted by Crippen LogP contribution is -2.53. The van der Waals surface area contributed by atoms with Crippen molar-refractivity contribution in [3.05, 3.63) is 24.3 Å². The van der Waals surface area contributed by atoms with Crippen LogP contribution in [-0.2, 0) is 4.79 Å². The van der Waals surface area contributed by atoms with E-state index in [-0.39, 0.29) is 0 Å².